The van der Waals surface area contributed by atoms with Crippen molar-refractivity contribution in [2.24, 2.45) is 0 Å². The number of nitrogens with one attached hydrogen (secondary N) is 1. The largest absolute Gasteiger partial charge is 0.497 e. The highest BCUT2D eigenvalue weighted by Crippen LogP contribution is 2.35. The summed E-state index contributed by atoms with van der Waals surface area (Å²) in [4.78, 5) is 21.4. The highest BCUT2D eigenvalue weighted by atomic mass is 32.1. The Bertz CT molecular complexity index is 1090. The van der Waals surface area contributed by atoms with Crippen molar-refractivity contribution in [1.29, 1.82) is 0 Å². The van der Waals surface area contributed by atoms with Gasteiger partial charge in [0.05, 0.1) is 30.1 Å². The maximum Gasteiger partial charge on any atom is 0.286 e. The number of fused-ring (bicyclic) bond motifs is 1. The molecule has 2 aromatic carbocycles. The summed E-state index contributed by atoms with van der Waals surface area (Å²) in [5.41, 5.74) is 2.32. The van der Waals surface area contributed by atoms with Crippen molar-refractivity contribution < 1.29 is 14.3 Å². The van der Waals surface area contributed by atoms with Crippen LogP contribution in [0.3, 0.4) is 0 Å². The molecule has 0 atom stereocenters. The molecule has 1 amide bonds. The molecule has 2 heterocycles. The van der Waals surface area contributed by atoms with Crippen LogP contribution in [0.1, 0.15) is 9.80 Å². The summed E-state index contributed by atoms with van der Waals surface area (Å²) in [5.74, 6) is 1.12. The molecule has 0 aliphatic carbocycles. The second-order valence-corrected chi connectivity index (χ2v) is 7.43. The van der Waals surface area contributed by atoms with Crippen molar-refractivity contribution >= 4 is 43.9 Å². The minimum Gasteiger partial charge on any atom is -0.497 e. The Morgan fingerprint density at radius 2 is 1.93 bits per heavy atom. The van der Waals surface area contributed by atoms with E-state index < -0.39 is 0 Å². The number of hydrogen-bond acceptors (Lipinski definition) is 7. The average Bonchev–Trinajstić information content (AvgIpc) is 3.34. The van der Waals surface area contributed by atoms with E-state index in [1.807, 2.05) is 47.8 Å². The first-order valence-electron chi connectivity index (χ1n) is 8.03. The third kappa shape index (κ3) is 3.49. The highest BCUT2D eigenvalue weighted by molar-refractivity contribution is 7.20. The zero-order chi connectivity index (χ0) is 18.8. The number of ether oxygens (including phenoxy) is 2. The molecule has 0 aliphatic heterocycles. The molecule has 0 saturated heterocycles. The minimum atomic E-state index is -0.269. The Morgan fingerprint density at radius 3 is 2.70 bits per heavy atom. The lowest BCUT2D eigenvalue weighted by molar-refractivity contribution is 0.102. The minimum absolute atomic E-state index is 0.269. The average molecular weight is 397 g/mol. The molecule has 0 radical (unpaired) electrons. The zero-order valence-electron chi connectivity index (χ0n) is 14.6. The van der Waals surface area contributed by atoms with Crippen LogP contribution in [0.2, 0.25) is 0 Å². The third-order valence-electron chi connectivity index (χ3n) is 3.90. The topological polar surface area (TPSA) is 73.3 Å². The molecule has 0 spiro atoms. The molecule has 27 heavy (non-hydrogen) atoms. The van der Waals surface area contributed by atoms with Gasteiger partial charge in [0, 0.05) is 10.9 Å². The quantitative estimate of drug-likeness (QED) is 0.529. The summed E-state index contributed by atoms with van der Waals surface area (Å²) in [6.45, 7) is 0. The van der Waals surface area contributed by atoms with Gasteiger partial charge in [0.25, 0.3) is 5.91 Å². The Kier molecular flexibility index (Phi) is 4.74. The van der Waals surface area contributed by atoms with Gasteiger partial charge in [0.2, 0.25) is 0 Å². The van der Waals surface area contributed by atoms with E-state index in [2.05, 4.69) is 15.3 Å². The van der Waals surface area contributed by atoms with Crippen LogP contribution in [0.15, 0.2) is 47.8 Å². The highest BCUT2D eigenvalue weighted by Gasteiger charge is 2.16. The van der Waals surface area contributed by atoms with E-state index in [1.54, 1.807) is 14.2 Å². The van der Waals surface area contributed by atoms with Crippen LogP contribution < -0.4 is 14.8 Å². The van der Waals surface area contributed by atoms with Crippen LogP contribution >= 0.6 is 22.7 Å². The second kappa shape index (κ2) is 7.34. The normalized spacial score (nSPS) is 10.7. The van der Waals surface area contributed by atoms with Crippen molar-refractivity contribution in [3.05, 3.63) is 52.9 Å². The van der Waals surface area contributed by atoms with Crippen LogP contribution in [0.5, 0.6) is 11.5 Å². The molecule has 6 nitrogen and oxygen atoms in total. The van der Waals surface area contributed by atoms with E-state index in [4.69, 9.17) is 9.47 Å². The number of carbonyl (C=O) groups excluding carboxylic acids is 1. The standard InChI is InChI=1S/C19H15N3O3S2/c1-24-11-7-8-15(25-2)12(9-11)14-10-26-19(21-14)22-17(23)18-20-13-5-3-4-6-16(13)27-18/h3-10H,1-2H3,(H,21,22,23). The number of carbonyl (C=O) groups is 1. The van der Waals surface area contributed by atoms with Crippen molar-refractivity contribution in [2.75, 3.05) is 19.5 Å². The van der Waals surface area contributed by atoms with Gasteiger partial charge in [-0.15, -0.1) is 22.7 Å². The number of para-hydroxylation sites is 1. The van der Waals surface area contributed by atoms with Crippen molar-refractivity contribution in [2.45, 2.75) is 0 Å². The van der Waals surface area contributed by atoms with Crippen LogP contribution in [0, 0.1) is 0 Å². The molecule has 8 heteroatoms. The van der Waals surface area contributed by atoms with Crippen molar-refractivity contribution in [3.63, 3.8) is 0 Å². The number of nitrogens with zero attached hydrogens (tertiary/aromatic N) is 2. The van der Waals surface area contributed by atoms with Gasteiger partial charge in [0.1, 0.15) is 11.5 Å². The van der Waals surface area contributed by atoms with Gasteiger partial charge in [0.15, 0.2) is 10.1 Å². The molecule has 1 N–H and O–H groups in total. The molecule has 0 unspecified atom stereocenters. The van der Waals surface area contributed by atoms with Gasteiger partial charge in [-0.25, -0.2) is 9.97 Å². The number of anilines is 1. The lowest BCUT2D eigenvalue weighted by atomic mass is 10.1. The summed E-state index contributed by atoms with van der Waals surface area (Å²) in [7, 11) is 3.21. The zero-order valence-corrected chi connectivity index (χ0v) is 16.2. The predicted octanol–water partition coefficient (Wildman–Crippen LogP) is 4.69. The van der Waals surface area contributed by atoms with Crippen LogP contribution in [0.4, 0.5) is 5.13 Å². The second-order valence-electron chi connectivity index (χ2n) is 5.54. The number of thiazole rings is 2. The molecule has 2 aromatic heterocycles. The lowest BCUT2D eigenvalue weighted by Crippen LogP contribution is -2.11. The summed E-state index contributed by atoms with van der Waals surface area (Å²) in [6, 6.07) is 13.2. The van der Waals surface area contributed by atoms with Gasteiger partial charge in [-0.3, -0.25) is 10.1 Å². The summed E-state index contributed by atoms with van der Waals surface area (Å²) in [5, 5.41) is 5.59. The molecular weight excluding hydrogens is 382 g/mol. The van der Waals surface area contributed by atoms with Crippen molar-refractivity contribution in [3.8, 4) is 22.8 Å². The lowest BCUT2D eigenvalue weighted by Gasteiger charge is -2.08. The van der Waals surface area contributed by atoms with E-state index in [0.29, 0.717) is 27.3 Å². The smallest absolute Gasteiger partial charge is 0.286 e. The molecule has 0 aliphatic rings. The molecule has 0 saturated carbocycles. The first-order chi connectivity index (χ1) is 13.2. The summed E-state index contributed by atoms with van der Waals surface area (Å²) < 4.78 is 11.7. The first kappa shape index (κ1) is 17.4. The van der Waals surface area contributed by atoms with E-state index in [0.717, 1.165) is 15.8 Å². The van der Waals surface area contributed by atoms with Crippen molar-refractivity contribution in [1.82, 2.24) is 9.97 Å². The van der Waals surface area contributed by atoms with Crippen LogP contribution in [-0.2, 0) is 0 Å². The number of amides is 1. The monoisotopic (exact) mass is 397 g/mol. The molecule has 0 fully saturated rings. The Labute approximate surface area is 163 Å². The third-order valence-corrected chi connectivity index (χ3v) is 5.69. The molecule has 4 rings (SSSR count). The summed E-state index contributed by atoms with van der Waals surface area (Å²) >= 11 is 2.70. The number of methoxy groups -OCH3 is 2. The van der Waals surface area contributed by atoms with Gasteiger partial charge in [-0.05, 0) is 30.3 Å². The number of hydrogen-bond donors (Lipinski definition) is 1. The molecular formula is C19H15N3O3S2. The van der Waals surface area contributed by atoms with E-state index in [1.165, 1.54) is 22.7 Å². The van der Waals surface area contributed by atoms with E-state index in [-0.39, 0.29) is 5.91 Å². The SMILES string of the molecule is COc1ccc(OC)c(-c2csc(NC(=O)c3nc4ccccc4s3)n2)c1. The maximum atomic E-state index is 12.5. The van der Waals surface area contributed by atoms with Gasteiger partial charge >= 0.3 is 0 Å². The first-order valence-corrected chi connectivity index (χ1v) is 9.72. The predicted molar refractivity (Wildman–Crippen MR) is 108 cm³/mol. The van der Waals surface area contributed by atoms with Crippen LogP contribution in [-0.4, -0.2) is 30.1 Å². The van der Waals surface area contributed by atoms with Gasteiger partial charge < -0.3 is 9.47 Å². The fourth-order valence-electron chi connectivity index (χ4n) is 2.59. The van der Waals surface area contributed by atoms with Gasteiger partial charge in [-0.1, -0.05) is 12.1 Å². The molecule has 4 aromatic rings. The number of benzene rings is 2. The maximum absolute atomic E-state index is 12.5. The van der Waals surface area contributed by atoms with E-state index in [9.17, 15) is 4.79 Å². The Hall–Kier alpha value is -2.97. The Morgan fingerprint density at radius 1 is 1.07 bits per heavy atom. The Balaban J connectivity index is 1.58. The summed E-state index contributed by atoms with van der Waals surface area (Å²) in [6.07, 6.45) is 0. The van der Waals surface area contributed by atoms with Gasteiger partial charge in [-0.2, -0.15) is 0 Å². The number of aromatic nitrogens is 2. The molecule has 136 valence electrons. The van der Waals surface area contributed by atoms with Crippen LogP contribution in [0.25, 0.3) is 21.5 Å². The molecule has 0 bridgehead atoms. The van der Waals surface area contributed by atoms with E-state index >= 15 is 0 Å². The number of rotatable bonds is 5. The fourth-order valence-corrected chi connectivity index (χ4v) is 4.16. The fraction of sp³-hybridized carbons (Fsp3) is 0.105.